The molecule has 1 amide bonds. The van der Waals surface area contributed by atoms with Crippen molar-refractivity contribution in [3.05, 3.63) is 28.2 Å². The average Bonchev–Trinajstić information content (AvgIpc) is 2.26. The highest BCUT2D eigenvalue weighted by Gasteiger charge is 2.26. The van der Waals surface area contributed by atoms with E-state index in [1.165, 1.54) is 7.11 Å². The van der Waals surface area contributed by atoms with Gasteiger partial charge in [-0.2, -0.15) is 0 Å². The van der Waals surface area contributed by atoms with Gasteiger partial charge in [-0.25, -0.2) is 0 Å². The standard InChI is InChI=1S/C10H12BrNO4/c1-16-7-4-5(11)2-3-6(7)8(13)9(14)10(12)15/h2-4,8-9,13-14H,1H3,(H2,12,15). The summed E-state index contributed by atoms with van der Waals surface area (Å²) in [4.78, 5) is 10.7. The highest BCUT2D eigenvalue weighted by molar-refractivity contribution is 9.10. The molecule has 0 aliphatic rings. The van der Waals surface area contributed by atoms with E-state index in [0.717, 1.165) is 4.47 Å². The van der Waals surface area contributed by atoms with E-state index >= 15 is 0 Å². The maximum atomic E-state index is 10.7. The molecule has 0 aromatic heterocycles. The number of aliphatic hydroxyl groups is 2. The second-order valence-corrected chi connectivity index (χ2v) is 4.09. The molecule has 0 aliphatic heterocycles. The molecule has 4 N–H and O–H groups in total. The molecule has 88 valence electrons. The molecule has 1 aromatic carbocycles. The van der Waals surface area contributed by atoms with Crippen LogP contribution in [-0.4, -0.2) is 29.3 Å². The van der Waals surface area contributed by atoms with Gasteiger partial charge in [-0.05, 0) is 12.1 Å². The monoisotopic (exact) mass is 289 g/mol. The third-order valence-corrected chi connectivity index (χ3v) is 2.60. The largest absolute Gasteiger partial charge is 0.496 e. The van der Waals surface area contributed by atoms with Crippen LogP contribution in [0.3, 0.4) is 0 Å². The van der Waals surface area contributed by atoms with Crippen LogP contribution < -0.4 is 10.5 Å². The average molecular weight is 290 g/mol. The van der Waals surface area contributed by atoms with Gasteiger partial charge in [0.25, 0.3) is 0 Å². The number of methoxy groups -OCH3 is 1. The lowest BCUT2D eigenvalue weighted by Crippen LogP contribution is -2.34. The van der Waals surface area contributed by atoms with E-state index in [0.29, 0.717) is 11.3 Å². The predicted molar refractivity (Wildman–Crippen MR) is 60.9 cm³/mol. The van der Waals surface area contributed by atoms with Crippen LogP contribution in [0.4, 0.5) is 0 Å². The van der Waals surface area contributed by atoms with Gasteiger partial charge in [0.1, 0.15) is 11.9 Å². The van der Waals surface area contributed by atoms with Gasteiger partial charge >= 0.3 is 0 Å². The first-order chi connectivity index (χ1) is 7.47. The fourth-order valence-electron chi connectivity index (χ4n) is 1.25. The summed E-state index contributed by atoms with van der Waals surface area (Å²) in [6, 6.07) is 4.82. The Morgan fingerprint density at radius 2 is 2.12 bits per heavy atom. The van der Waals surface area contributed by atoms with Crippen LogP contribution in [0.1, 0.15) is 11.7 Å². The number of rotatable bonds is 4. The van der Waals surface area contributed by atoms with Crippen LogP contribution in [0.5, 0.6) is 5.75 Å². The molecule has 5 nitrogen and oxygen atoms in total. The van der Waals surface area contributed by atoms with Gasteiger partial charge in [0, 0.05) is 10.0 Å². The number of halogens is 1. The first-order valence-electron chi connectivity index (χ1n) is 4.46. The van der Waals surface area contributed by atoms with Crippen LogP contribution in [-0.2, 0) is 4.79 Å². The predicted octanol–water partition coefficient (Wildman–Crippen LogP) is 0.337. The summed E-state index contributed by atoms with van der Waals surface area (Å²) in [6.45, 7) is 0. The summed E-state index contributed by atoms with van der Waals surface area (Å²) in [5.74, 6) is -0.625. The van der Waals surface area contributed by atoms with Crippen LogP contribution >= 0.6 is 15.9 Å². The normalized spacial score (nSPS) is 14.2. The van der Waals surface area contributed by atoms with Gasteiger partial charge in [0.05, 0.1) is 7.11 Å². The molecule has 0 fully saturated rings. The molecule has 2 atom stereocenters. The first-order valence-corrected chi connectivity index (χ1v) is 5.25. The van der Waals surface area contributed by atoms with Gasteiger partial charge in [0.15, 0.2) is 6.10 Å². The van der Waals surface area contributed by atoms with Crippen LogP contribution in [0.25, 0.3) is 0 Å². The maximum absolute atomic E-state index is 10.7. The zero-order chi connectivity index (χ0) is 12.3. The number of amides is 1. The highest BCUT2D eigenvalue weighted by atomic mass is 79.9. The lowest BCUT2D eigenvalue weighted by molar-refractivity contribution is -0.132. The number of carbonyl (C=O) groups excluding carboxylic acids is 1. The highest BCUT2D eigenvalue weighted by Crippen LogP contribution is 2.30. The second kappa shape index (κ2) is 5.29. The lowest BCUT2D eigenvalue weighted by Gasteiger charge is -2.18. The molecular weight excluding hydrogens is 278 g/mol. The molecule has 0 spiro atoms. The number of benzene rings is 1. The second-order valence-electron chi connectivity index (χ2n) is 3.18. The summed E-state index contributed by atoms with van der Waals surface area (Å²) in [6.07, 6.45) is -3.06. The molecule has 6 heteroatoms. The van der Waals surface area contributed by atoms with E-state index in [9.17, 15) is 15.0 Å². The Morgan fingerprint density at radius 1 is 1.50 bits per heavy atom. The number of ether oxygens (including phenoxy) is 1. The van der Waals surface area contributed by atoms with E-state index in [-0.39, 0.29) is 0 Å². The molecule has 16 heavy (non-hydrogen) atoms. The van der Waals surface area contributed by atoms with Crippen molar-refractivity contribution < 1.29 is 19.7 Å². The van der Waals surface area contributed by atoms with Gasteiger partial charge in [-0.1, -0.05) is 22.0 Å². The molecule has 0 saturated heterocycles. The Morgan fingerprint density at radius 3 is 2.62 bits per heavy atom. The molecule has 1 aromatic rings. The van der Waals surface area contributed by atoms with E-state index in [1.807, 2.05) is 0 Å². The minimum atomic E-state index is -1.66. The summed E-state index contributed by atoms with van der Waals surface area (Å²) >= 11 is 3.24. The fraction of sp³-hybridized carbons (Fsp3) is 0.300. The maximum Gasteiger partial charge on any atom is 0.249 e. The lowest BCUT2D eigenvalue weighted by atomic mass is 10.0. The molecule has 0 radical (unpaired) electrons. The minimum absolute atomic E-state index is 0.303. The zero-order valence-electron chi connectivity index (χ0n) is 8.55. The molecule has 0 saturated carbocycles. The Kier molecular flexibility index (Phi) is 4.28. The van der Waals surface area contributed by atoms with Crippen LogP contribution in [0.15, 0.2) is 22.7 Å². The van der Waals surface area contributed by atoms with Crippen molar-refractivity contribution in [3.63, 3.8) is 0 Å². The van der Waals surface area contributed by atoms with E-state index < -0.39 is 18.1 Å². The molecule has 0 heterocycles. The van der Waals surface area contributed by atoms with Crippen molar-refractivity contribution in [2.45, 2.75) is 12.2 Å². The van der Waals surface area contributed by atoms with Crippen molar-refractivity contribution in [1.29, 1.82) is 0 Å². The van der Waals surface area contributed by atoms with Crippen molar-refractivity contribution >= 4 is 21.8 Å². The number of aliphatic hydroxyl groups excluding tert-OH is 2. The summed E-state index contributed by atoms with van der Waals surface area (Å²) in [5.41, 5.74) is 5.20. The third-order valence-electron chi connectivity index (χ3n) is 2.10. The van der Waals surface area contributed by atoms with Crippen molar-refractivity contribution in [3.8, 4) is 5.75 Å². The third kappa shape index (κ3) is 2.72. The topological polar surface area (TPSA) is 92.8 Å². The quantitative estimate of drug-likeness (QED) is 0.745. The Bertz CT molecular complexity index is 396. The van der Waals surface area contributed by atoms with Crippen molar-refractivity contribution in [2.24, 2.45) is 5.73 Å². The van der Waals surface area contributed by atoms with Gasteiger partial charge in [-0.3, -0.25) is 4.79 Å². The SMILES string of the molecule is COc1cc(Br)ccc1C(O)C(O)C(N)=O. The Labute approximate surface area is 101 Å². The number of hydrogen-bond donors (Lipinski definition) is 3. The van der Waals surface area contributed by atoms with Gasteiger partial charge < -0.3 is 20.7 Å². The summed E-state index contributed by atoms with van der Waals surface area (Å²) in [5, 5.41) is 19.1. The first kappa shape index (κ1) is 13.0. The number of primary amides is 1. The molecule has 0 aliphatic carbocycles. The van der Waals surface area contributed by atoms with E-state index in [2.05, 4.69) is 15.9 Å². The molecular formula is C10H12BrNO4. The summed E-state index contributed by atoms with van der Waals surface area (Å²) < 4.78 is 5.78. The number of nitrogens with two attached hydrogens (primary N) is 1. The Balaban J connectivity index is 3.07. The summed E-state index contributed by atoms with van der Waals surface area (Å²) in [7, 11) is 1.43. The molecule has 2 unspecified atom stereocenters. The van der Waals surface area contributed by atoms with Crippen LogP contribution in [0, 0.1) is 0 Å². The van der Waals surface area contributed by atoms with E-state index in [4.69, 9.17) is 10.5 Å². The van der Waals surface area contributed by atoms with Crippen molar-refractivity contribution in [1.82, 2.24) is 0 Å². The Hall–Kier alpha value is -1.11. The van der Waals surface area contributed by atoms with Gasteiger partial charge in [-0.15, -0.1) is 0 Å². The molecule has 0 bridgehead atoms. The minimum Gasteiger partial charge on any atom is -0.496 e. The molecule has 1 rings (SSSR count). The number of hydrogen-bond acceptors (Lipinski definition) is 4. The van der Waals surface area contributed by atoms with Crippen LogP contribution in [0.2, 0.25) is 0 Å². The fourth-order valence-corrected chi connectivity index (χ4v) is 1.60. The zero-order valence-corrected chi connectivity index (χ0v) is 10.1. The van der Waals surface area contributed by atoms with E-state index in [1.54, 1.807) is 18.2 Å². The van der Waals surface area contributed by atoms with Crippen molar-refractivity contribution in [2.75, 3.05) is 7.11 Å². The smallest absolute Gasteiger partial charge is 0.249 e. The van der Waals surface area contributed by atoms with Gasteiger partial charge in [0.2, 0.25) is 5.91 Å². The number of carbonyl (C=O) groups is 1.